The van der Waals surface area contributed by atoms with Crippen LogP contribution in [0.5, 0.6) is 0 Å². The summed E-state index contributed by atoms with van der Waals surface area (Å²) in [4.78, 5) is 11.9. The van der Waals surface area contributed by atoms with E-state index in [9.17, 15) is 4.79 Å². The van der Waals surface area contributed by atoms with Crippen molar-refractivity contribution >= 4 is 18.3 Å². The molecular weight excluding hydrogens is 224 g/mol. The lowest BCUT2D eigenvalue weighted by Crippen LogP contribution is -2.43. The molecule has 0 unspecified atom stereocenters. The van der Waals surface area contributed by atoms with E-state index < -0.39 is 0 Å². The van der Waals surface area contributed by atoms with Crippen molar-refractivity contribution in [2.45, 2.75) is 51.0 Å². The summed E-state index contributed by atoms with van der Waals surface area (Å²) >= 11 is 0. The Bertz CT molecular complexity index is 211. The molecule has 2 aliphatic rings. The maximum Gasteiger partial charge on any atom is 0.223 e. The van der Waals surface area contributed by atoms with E-state index in [1.165, 1.54) is 32.1 Å². The number of amides is 1. The van der Waals surface area contributed by atoms with E-state index in [1.807, 2.05) is 0 Å². The van der Waals surface area contributed by atoms with Crippen molar-refractivity contribution in [3.63, 3.8) is 0 Å². The molecule has 0 spiro atoms. The summed E-state index contributed by atoms with van der Waals surface area (Å²) in [6, 6.07) is 0.473. The second-order valence-corrected chi connectivity index (χ2v) is 4.87. The summed E-state index contributed by atoms with van der Waals surface area (Å²) in [6.07, 6.45) is 8.33. The smallest absolute Gasteiger partial charge is 0.223 e. The van der Waals surface area contributed by atoms with Gasteiger partial charge in [0.25, 0.3) is 0 Å². The minimum atomic E-state index is 0. The quantitative estimate of drug-likeness (QED) is 0.781. The summed E-state index contributed by atoms with van der Waals surface area (Å²) in [5, 5.41) is 6.52. The summed E-state index contributed by atoms with van der Waals surface area (Å²) in [5.74, 6) is 0.580. The second-order valence-electron chi connectivity index (χ2n) is 4.87. The first-order valence-electron chi connectivity index (χ1n) is 6.37. The highest BCUT2D eigenvalue weighted by Crippen LogP contribution is 2.19. The van der Waals surface area contributed by atoms with Gasteiger partial charge in [0, 0.05) is 12.0 Å². The normalized spacial score (nSPS) is 23.5. The van der Waals surface area contributed by atoms with Gasteiger partial charge in [-0.25, -0.2) is 0 Å². The van der Waals surface area contributed by atoms with Crippen LogP contribution < -0.4 is 10.6 Å². The van der Waals surface area contributed by atoms with Crippen LogP contribution in [0, 0.1) is 5.92 Å². The van der Waals surface area contributed by atoms with Gasteiger partial charge in [0.1, 0.15) is 0 Å². The van der Waals surface area contributed by atoms with E-state index in [-0.39, 0.29) is 18.3 Å². The van der Waals surface area contributed by atoms with E-state index in [1.54, 1.807) is 0 Å². The highest BCUT2D eigenvalue weighted by Gasteiger charge is 2.23. The van der Waals surface area contributed by atoms with Crippen molar-refractivity contribution in [1.82, 2.24) is 10.6 Å². The SMILES string of the molecule is Cl.O=C(NC1CCCCC1)C1CCNCC1. The number of hydrogen-bond donors (Lipinski definition) is 2. The molecule has 0 bridgehead atoms. The largest absolute Gasteiger partial charge is 0.353 e. The van der Waals surface area contributed by atoms with Crippen LogP contribution in [0.1, 0.15) is 44.9 Å². The van der Waals surface area contributed by atoms with Crippen molar-refractivity contribution in [2.24, 2.45) is 5.92 Å². The number of carbonyl (C=O) groups excluding carboxylic acids is 1. The van der Waals surface area contributed by atoms with E-state index in [2.05, 4.69) is 10.6 Å². The number of hydrogen-bond acceptors (Lipinski definition) is 2. The molecule has 2 fully saturated rings. The lowest BCUT2D eigenvalue weighted by atomic mass is 9.93. The van der Waals surface area contributed by atoms with Gasteiger partial charge in [-0.05, 0) is 38.8 Å². The highest BCUT2D eigenvalue weighted by molar-refractivity contribution is 5.85. The molecule has 1 amide bonds. The zero-order chi connectivity index (χ0) is 10.5. The van der Waals surface area contributed by atoms with Gasteiger partial charge in [-0.1, -0.05) is 19.3 Å². The number of halogens is 1. The molecule has 1 saturated heterocycles. The van der Waals surface area contributed by atoms with E-state index in [0.29, 0.717) is 11.9 Å². The van der Waals surface area contributed by atoms with Crippen molar-refractivity contribution in [3.05, 3.63) is 0 Å². The monoisotopic (exact) mass is 246 g/mol. The maximum atomic E-state index is 11.9. The molecule has 0 radical (unpaired) electrons. The first-order valence-corrected chi connectivity index (χ1v) is 6.37. The standard InChI is InChI=1S/C12H22N2O.ClH/c15-12(10-6-8-13-9-7-10)14-11-4-2-1-3-5-11;/h10-11,13H,1-9H2,(H,14,15);1H. The number of rotatable bonds is 2. The van der Waals surface area contributed by atoms with Crippen molar-refractivity contribution in [3.8, 4) is 0 Å². The summed E-state index contributed by atoms with van der Waals surface area (Å²) in [7, 11) is 0. The first kappa shape index (κ1) is 13.8. The third kappa shape index (κ3) is 3.95. The zero-order valence-corrected chi connectivity index (χ0v) is 10.7. The number of carbonyl (C=O) groups is 1. The Labute approximate surface area is 104 Å². The topological polar surface area (TPSA) is 41.1 Å². The minimum Gasteiger partial charge on any atom is -0.353 e. The minimum absolute atomic E-state index is 0. The van der Waals surface area contributed by atoms with Gasteiger partial charge in [-0.2, -0.15) is 0 Å². The van der Waals surface area contributed by atoms with Gasteiger partial charge in [-0.15, -0.1) is 12.4 Å². The van der Waals surface area contributed by atoms with Crippen LogP contribution in [-0.2, 0) is 4.79 Å². The van der Waals surface area contributed by atoms with Crippen molar-refractivity contribution < 1.29 is 4.79 Å². The Morgan fingerprint density at radius 2 is 1.62 bits per heavy atom. The lowest BCUT2D eigenvalue weighted by molar-refractivity contribution is -0.126. The summed E-state index contributed by atoms with van der Waals surface area (Å²) < 4.78 is 0. The van der Waals surface area contributed by atoms with Crippen LogP contribution in [0.2, 0.25) is 0 Å². The van der Waals surface area contributed by atoms with Crippen LogP contribution in [-0.4, -0.2) is 25.0 Å². The Morgan fingerprint density at radius 3 is 2.25 bits per heavy atom. The van der Waals surface area contributed by atoms with Gasteiger partial charge in [0.2, 0.25) is 5.91 Å². The average Bonchev–Trinajstić information content (AvgIpc) is 2.31. The molecule has 0 aromatic carbocycles. The Kier molecular flexibility index (Phi) is 6.14. The predicted molar refractivity (Wildman–Crippen MR) is 67.9 cm³/mol. The van der Waals surface area contributed by atoms with Gasteiger partial charge < -0.3 is 10.6 Å². The lowest BCUT2D eigenvalue weighted by Gasteiger charge is -2.27. The fourth-order valence-corrected chi connectivity index (χ4v) is 2.65. The zero-order valence-electron chi connectivity index (χ0n) is 9.84. The predicted octanol–water partition coefficient (Wildman–Crippen LogP) is 1.86. The Hall–Kier alpha value is -0.280. The van der Waals surface area contributed by atoms with Crippen molar-refractivity contribution in [1.29, 1.82) is 0 Å². The molecule has 1 heterocycles. The molecule has 0 aromatic rings. The number of nitrogens with one attached hydrogen (secondary N) is 2. The molecule has 1 aliphatic carbocycles. The molecule has 1 aliphatic heterocycles. The van der Waals surface area contributed by atoms with Gasteiger partial charge >= 0.3 is 0 Å². The molecule has 16 heavy (non-hydrogen) atoms. The first-order chi connectivity index (χ1) is 7.36. The third-order valence-corrected chi connectivity index (χ3v) is 3.66. The fraction of sp³-hybridized carbons (Fsp3) is 0.917. The van der Waals surface area contributed by atoms with Crippen LogP contribution in [0.3, 0.4) is 0 Å². The average molecular weight is 247 g/mol. The Morgan fingerprint density at radius 1 is 1.00 bits per heavy atom. The molecular formula is C12H23ClN2O. The van der Waals surface area contributed by atoms with E-state index >= 15 is 0 Å². The van der Waals surface area contributed by atoms with E-state index in [0.717, 1.165) is 25.9 Å². The maximum absolute atomic E-state index is 11.9. The molecule has 3 nitrogen and oxygen atoms in total. The molecule has 0 atom stereocenters. The van der Waals surface area contributed by atoms with Crippen LogP contribution >= 0.6 is 12.4 Å². The molecule has 2 rings (SSSR count). The van der Waals surface area contributed by atoms with Gasteiger partial charge in [0.05, 0.1) is 0 Å². The highest BCUT2D eigenvalue weighted by atomic mass is 35.5. The van der Waals surface area contributed by atoms with E-state index in [4.69, 9.17) is 0 Å². The van der Waals surface area contributed by atoms with Crippen LogP contribution in [0.4, 0.5) is 0 Å². The summed E-state index contributed by atoms with van der Waals surface area (Å²) in [6.45, 7) is 2.01. The fourth-order valence-electron chi connectivity index (χ4n) is 2.65. The second kappa shape index (κ2) is 7.13. The number of piperidine rings is 1. The van der Waals surface area contributed by atoms with Gasteiger partial charge in [-0.3, -0.25) is 4.79 Å². The molecule has 0 aromatic heterocycles. The van der Waals surface area contributed by atoms with Crippen LogP contribution in [0.25, 0.3) is 0 Å². The van der Waals surface area contributed by atoms with Gasteiger partial charge in [0.15, 0.2) is 0 Å². The molecule has 1 saturated carbocycles. The molecule has 4 heteroatoms. The Balaban J connectivity index is 0.00000128. The summed E-state index contributed by atoms with van der Waals surface area (Å²) in [5.41, 5.74) is 0. The van der Waals surface area contributed by atoms with Crippen LogP contribution in [0.15, 0.2) is 0 Å². The molecule has 2 N–H and O–H groups in total. The molecule has 94 valence electrons. The third-order valence-electron chi connectivity index (χ3n) is 3.66. The van der Waals surface area contributed by atoms with Crippen molar-refractivity contribution in [2.75, 3.05) is 13.1 Å².